The van der Waals surface area contributed by atoms with E-state index < -0.39 is 9.84 Å². The van der Waals surface area contributed by atoms with Crippen molar-refractivity contribution in [3.8, 4) is 0 Å². The highest BCUT2D eigenvalue weighted by molar-refractivity contribution is 7.91. The summed E-state index contributed by atoms with van der Waals surface area (Å²) in [6, 6.07) is 6.93. The van der Waals surface area contributed by atoms with Crippen LogP contribution in [0.3, 0.4) is 0 Å². The fourth-order valence-corrected chi connectivity index (χ4v) is 3.59. The van der Waals surface area contributed by atoms with Gasteiger partial charge in [0.2, 0.25) is 0 Å². The molecule has 1 aliphatic rings. The van der Waals surface area contributed by atoms with E-state index >= 15 is 0 Å². The van der Waals surface area contributed by atoms with E-state index in [1.165, 1.54) is 12.8 Å². The van der Waals surface area contributed by atoms with Gasteiger partial charge < -0.3 is 10.6 Å². The van der Waals surface area contributed by atoms with Gasteiger partial charge in [0.15, 0.2) is 9.84 Å². The zero-order valence-electron chi connectivity index (χ0n) is 10.5. The van der Waals surface area contributed by atoms with Crippen molar-refractivity contribution in [2.45, 2.75) is 24.3 Å². The van der Waals surface area contributed by atoms with Gasteiger partial charge in [0.25, 0.3) is 0 Å². The van der Waals surface area contributed by atoms with E-state index in [0.29, 0.717) is 18.0 Å². The second-order valence-electron chi connectivity index (χ2n) is 4.72. The van der Waals surface area contributed by atoms with Crippen LogP contribution in [0.2, 0.25) is 0 Å². The van der Waals surface area contributed by atoms with Gasteiger partial charge in [-0.3, -0.25) is 0 Å². The smallest absolute Gasteiger partial charge is 0.179 e. The summed E-state index contributed by atoms with van der Waals surface area (Å²) >= 11 is 0. The van der Waals surface area contributed by atoms with Gasteiger partial charge in [-0.2, -0.15) is 0 Å². The van der Waals surface area contributed by atoms with Gasteiger partial charge in [-0.25, -0.2) is 8.42 Å². The summed E-state index contributed by atoms with van der Waals surface area (Å²) < 4.78 is 24.4. The predicted molar refractivity (Wildman–Crippen MR) is 72.1 cm³/mol. The van der Waals surface area contributed by atoms with Crippen molar-refractivity contribution < 1.29 is 8.42 Å². The van der Waals surface area contributed by atoms with E-state index in [1.54, 1.807) is 18.2 Å². The second-order valence-corrected chi connectivity index (χ2v) is 6.83. The van der Waals surface area contributed by atoms with Crippen LogP contribution in [0.25, 0.3) is 0 Å². The minimum absolute atomic E-state index is 0.195. The Morgan fingerprint density at radius 2 is 1.94 bits per heavy atom. The summed E-state index contributed by atoms with van der Waals surface area (Å²) in [6.45, 7) is 3.06. The average molecular weight is 268 g/mol. The van der Waals surface area contributed by atoms with Gasteiger partial charge in [-0.15, -0.1) is 0 Å². The molecule has 0 unspecified atom stereocenters. The van der Waals surface area contributed by atoms with Crippen LogP contribution < -0.4 is 5.73 Å². The summed E-state index contributed by atoms with van der Waals surface area (Å²) in [4.78, 5) is 2.61. The number of sulfone groups is 1. The van der Waals surface area contributed by atoms with Crippen molar-refractivity contribution in [2.24, 2.45) is 5.73 Å². The Morgan fingerprint density at radius 1 is 1.22 bits per heavy atom. The number of nitrogens with zero attached hydrogens (tertiary/aromatic N) is 1. The number of hydrogen-bond donors (Lipinski definition) is 1. The minimum Gasteiger partial charge on any atom is -0.326 e. The number of likely N-dealkylation sites (tertiary alicyclic amines) is 1. The van der Waals surface area contributed by atoms with E-state index in [4.69, 9.17) is 5.73 Å². The third-order valence-electron chi connectivity index (χ3n) is 3.37. The van der Waals surface area contributed by atoms with Crippen molar-refractivity contribution >= 4 is 9.84 Å². The molecule has 2 rings (SSSR count). The molecular weight excluding hydrogens is 248 g/mol. The van der Waals surface area contributed by atoms with Crippen LogP contribution in [0, 0.1) is 0 Å². The van der Waals surface area contributed by atoms with Crippen LogP contribution in [-0.2, 0) is 16.4 Å². The number of rotatable bonds is 5. The molecule has 0 radical (unpaired) electrons. The molecule has 1 aromatic carbocycles. The molecule has 0 spiro atoms. The molecule has 4 nitrogen and oxygen atoms in total. The van der Waals surface area contributed by atoms with Gasteiger partial charge >= 0.3 is 0 Å². The van der Waals surface area contributed by atoms with Crippen LogP contribution >= 0.6 is 0 Å². The van der Waals surface area contributed by atoms with Crippen LogP contribution in [-0.4, -0.2) is 38.7 Å². The van der Waals surface area contributed by atoms with Crippen LogP contribution in [0.1, 0.15) is 18.4 Å². The lowest BCUT2D eigenvalue weighted by Crippen LogP contribution is -2.26. The molecule has 5 heteroatoms. The summed E-state index contributed by atoms with van der Waals surface area (Å²) in [5.74, 6) is 0.195. The molecule has 0 atom stereocenters. The largest absolute Gasteiger partial charge is 0.326 e. The highest BCUT2D eigenvalue weighted by Crippen LogP contribution is 2.14. The Hall–Kier alpha value is -0.910. The molecule has 1 fully saturated rings. The Kier molecular flexibility index (Phi) is 4.37. The highest BCUT2D eigenvalue weighted by Gasteiger charge is 2.18. The van der Waals surface area contributed by atoms with Crippen molar-refractivity contribution in [1.29, 1.82) is 0 Å². The zero-order chi connectivity index (χ0) is 13.0. The number of nitrogens with two attached hydrogens (primary N) is 1. The molecule has 18 heavy (non-hydrogen) atoms. The molecule has 1 saturated heterocycles. The van der Waals surface area contributed by atoms with Crippen molar-refractivity contribution in [3.63, 3.8) is 0 Å². The molecule has 0 bridgehead atoms. The fourth-order valence-electron chi connectivity index (χ4n) is 2.24. The molecule has 0 amide bonds. The lowest BCUT2D eigenvalue weighted by Gasteiger charge is -2.14. The lowest BCUT2D eigenvalue weighted by molar-refractivity contribution is 0.359. The normalized spacial score (nSPS) is 17.2. The molecule has 0 aromatic heterocycles. The molecule has 100 valence electrons. The maximum atomic E-state index is 12.2. The Labute approximate surface area is 109 Å². The van der Waals surface area contributed by atoms with E-state index in [9.17, 15) is 8.42 Å². The lowest BCUT2D eigenvalue weighted by atomic mass is 10.2. The maximum Gasteiger partial charge on any atom is 0.179 e. The first-order valence-corrected chi connectivity index (χ1v) is 8.01. The summed E-state index contributed by atoms with van der Waals surface area (Å²) in [5, 5.41) is 0. The van der Waals surface area contributed by atoms with Crippen LogP contribution in [0.4, 0.5) is 0 Å². The molecular formula is C13H20N2O2S. The second kappa shape index (κ2) is 5.82. The predicted octanol–water partition coefficient (Wildman–Crippen LogP) is 1.01. The molecule has 0 aliphatic carbocycles. The number of benzene rings is 1. The highest BCUT2D eigenvalue weighted by atomic mass is 32.2. The first kappa shape index (κ1) is 13.5. The number of hydrogen-bond acceptors (Lipinski definition) is 4. The first-order chi connectivity index (χ1) is 8.62. The Morgan fingerprint density at radius 3 is 2.61 bits per heavy atom. The quantitative estimate of drug-likeness (QED) is 0.866. The van der Waals surface area contributed by atoms with Gasteiger partial charge in [0.05, 0.1) is 10.6 Å². The topological polar surface area (TPSA) is 63.4 Å². The van der Waals surface area contributed by atoms with Gasteiger partial charge in [0, 0.05) is 13.1 Å². The van der Waals surface area contributed by atoms with E-state index in [-0.39, 0.29) is 5.75 Å². The third kappa shape index (κ3) is 3.31. The Bertz CT molecular complexity index is 493. The average Bonchev–Trinajstić information content (AvgIpc) is 2.90. The Balaban J connectivity index is 2.04. The molecule has 0 saturated carbocycles. The molecule has 2 N–H and O–H groups in total. The molecule has 1 aliphatic heterocycles. The molecule has 1 heterocycles. The van der Waals surface area contributed by atoms with E-state index in [2.05, 4.69) is 4.90 Å². The van der Waals surface area contributed by atoms with Gasteiger partial charge in [0.1, 0.15) is 0 Å². The van der Waals surface area contributed by atoms with E-state index in [1.807, 2.05) is 6.07 Å². The minimum atomic E-state index is -3.18. The van der Waals surface area contributed by atoms with Gasteiger partial charge in [-0.1, -0.05) is 12.1 Å². The summed E-state index contributed by atoms with van der Waals surface area (Å²) in [6.07, 6.45) is 2.37. The van der Waals surface area contributed by atoms with Crippen molar-refractivity contribution in [1.82, 2.24) is 4.90 Å². The van der Waals surface area contributed by atoms with Crippen LogP contribution in [0.15, 0.2) is 29.2 Å². The first-order valence-electron chi connectivity index (χ1n) is 6.36. The SMILES string of the molecule is NCc1cccc(S(=O)(=O)CCN2CCCC2)c1. The molecule has 1 aromatic rings. The fraction of sp³-hybridized carbons (Fsp3) is 0.538. The van der Waals surface area contributed by atoms with Crippen molar-refractivity contribution in [3.05, 3.63) is 29.8 Å². The standard InChI is InChI=1S/C13H20N2O2S/c14-11-12-4-3-5-13(10-12)18(16,17)9-8-15-6-1-2-7-15/h3-5,10H,1-2,6-9,11,14H2. The van der Waals surface area contributed by atoms with E-state index in [0.717, 1.165) is 18.7 Å². The van der Waals surface area contributed by atoms with Gasteiger partial charge in [-0.05, 0) is 43.6 Å². The third-order valence-corrected chi connectivity index (χ3v) is 5.06. The maximum absolute atomic E-state index is 12.2. The zero-order valence-corrected chi connectivity index (χ0v) is 11.3. The van der Waals surface area contributed by atoms with Crippen LogP contribution in [0.5, 0.6) is 0 Å². The monoisotopic (exact) mass is 268 g/mol. The van der Waals surface area contributed by atoms with Crippen molar-refractivity contribution in [2.75, 3.05) is 25.4 Å². The summed E-state index contributed by atoms with van der Waals surface area (Å²) in [5.41, 5.74) is 6.39. The summed E-state index contributed by atoms with van der Waals surface area (Å²) in [7, 11) is -3.18.